The summed E-state index contributed by atoms with van der Waals surface area (Å²) in [5.74, 6) is 0.445. The van der Waals surface area contributed by atoms with E-state index in [0.29, 0.717) is 19.0 Å². The highest BCUT2D eigenvalue weighted by atomic mass is 16.2. The number of hydrogen-bond acceptors (Lipinski definition) is 5. The first-order chi connectivity index (χ1) is 14.4. The average molecular weight is 409 g/mol. The number of hydrogen-bond donors (Lipinski definition) is 0. The number of rotatable bonds is 5. The molecule has 0 spiro atoms. The minimum Gasteiger partial charge on any atom is -0.325 e. The molecule has 3 heterocycles. The van der Waals surface area contributed by atoms with Crippen molar-refractivity contribution >= 4 is 17.9 Å². The summed E-state index contributed by atoms with van der Waals surface area (Å²) in [4.78, 5) is 35.6. The lowest BCUT2D eigenvalue weighted by molar-refractivity contribution is -0.137. The second kappa shape index (κ2) is 7.93. The van der Waals surface area contributed by atoms with E-state index in [-0.39, 0.29) is 11.9 Å². The lowest BCUT2D eigenvalue weighted by Crippen LogP contribution is -2.65. The second-order valence-corrected chi connectivity index (χ2v) is 7.88. The van der Waals surface area contributed by atoms with Crippen LogP contribution in [0.4, 0.5) is 4.79 Å². The Morgan fingerprint density at radius 2 is 1.83 bits per heavy atom. The lowest BCUT2D eigenvalue weighted by atomic mass is 10.1. The van der Waals surface area contributed by atoms with E-state index < -0.39 is 12.2 Å². The van der Waals surface area contributed by atoms with Gasteiger partial charge in [-0.25, -0.2) is 14.5 Å². The monoisotopic (exact) mass is 408 g/mol. The van der Waals surface area contributed by atoms with Gasteiger partial charge in [-0.1, -0.05) is 30.3 Å². The van der Waals surface area contributed by atoms with Crippen LogP contribution in [0.15, 0.2) is 41.4 Å². The van der Waals surface area contributed by atoms with Gasteiger partial charge in [-0.15, -0.1) is 0 Å². The molecule has 3 amide bonds. The molecule has 0 aliphatic carbocycles. The third kappa shape index (κ3) is 3.36. The number of amides is 3. The summed E-state index contributed by atoms with van der Waals surface area (Å²) in [6, 6.07) is 11.5. The van der Waals surface area contributed by atoms with Gasteiger partial charge in [0.1, 0.15) is 0 Å². The maximum absolute atomic E-state index is 13.2. The topological polar surface area (TPSA) is 74.0 Å². The molecule has 8 nitrogen and oxygen atoms in total. The van der Waals surface area contributed by atoms with Crippen LogP contribution in [-0.2, 0) is 11.2 Å². The van der Waals surface area contributed by atoms with Gasteiger partial charge < -0.3 is 9.80 Å². The number of nitrogens with zero attached hydrogens (tertiary/aromatic N) is 6. The molecular formula is C22H28N6O2. The van der Waals surface area contributed by atoms with Gasteiger partial charge in [0.15, 0.2) is 12.2 Å². The van der Waals surface area contributed by atoms with Crippen LogP contribution in [0.2, 0.25) is 0 Å². The molecule has 1 saturated heterocycles. The Kier molecular flexibility index (Phi) is 5.32. The van der Waals surface area contributed by atoms with Crippen molar-refractivity contribution in [2.24, 2.45) is 4.99 Å². The SMILES string of the molecule is CCN1C(=O)C2C(N=C(n3nc(C)cc3C)N2CCCc2ccccc2)N(C)C1=O. The van der Waals surface area contributed by atoms with Crippen molar-refractivity contribution in [3.63, 3.8) is 0 Å². The van der Waals surface area contributed by atoms with Crippen LogP contribution >= 0.6 is 0 Å². The number of aliphatic imine (C=N–C) groups is 1. The van der Waals surface area contributed by atoms with Crippen LogP contribution in [0, 0.1) is 13.8 Å². The van der Waals surface area contributed by atoms with Gasteiger partial charge >= 0.3 is 6.03 Å². The molecule has 158 valence electrons. The molecule has 1 fully saturated rings. The van der Waals surface area contributed by atoms with Gasteiger partial charge in [-0.05, 0) is 45.2 Å². The molecule has 0 radical (unpaired) electrons. The highest BCUT2D eigenvalue weighted by Gasteiger charge is 2.52. The predicted molar refractivity (Wildman–Crippen MR) is 114 cm³/mol. The molecule has 0 bridgehead atoms. The van der Waals surface area contributed by atoms with Crippen molar-refractivity contribution in [3.05, 3.63) is 53.3 Å². The van der Waals surface area contributed by atoms with Gasteiger partial charge in [0.25, 0.3) is 5.91 Å². The standard InChI is InChI=1S/C22H28N6O2/c1-5-26-20(29)18-19(25(4)22(26)30)23-21(28-16(3)14-15(2)24-28)27(18)13-9-12-17-10-7-6-8-11-17/h6-8,10-11,14,18-19H,5,9,12-13H2,1-4H3. The molecule has 1 aromatic heterocycles. The summed E-state index contributed by atoms with van der Waals surface area (Å²) in [7, 11) is 1.71. The summed E-state index contributed by atoms with van der Waals surface area (Å²) in [5.41, 5.74) is 3.10. The molecule has 2 aromatic rings. The van der Waals surface area contributed by atoms with E-state index in [4.69, 9.17) is 4.99 Å². The Balaban J connectivity index is 1.65. The zero-order chi connectivity index (χ0) is 21.4. The molecule has 2 aliphatic heterocycles. The molecule has 1 aromatic carbocycles. The van der Waals surface area contributed by atoms with Gasteiger partial charge in [-0.3, -0.25) is 9.69 Å². The molecule has 4 rings (SSSR count). The van der Waals surface area contributed by atoms with E-state index in [1.807, 2.05) is 49.9 Å². The Morgan fingerprint density at radius 1 is 1.10 bits per heavy atom. The number of urea groups is 1. The number of imide groups is 1. The van der Waals surface area contributed by atoms with Crippen LogP contribution < -0.4 is 0 Å². The van der Waals surface area contributed by atoms with Crippen LogP contribution in [-0.4, -0.2) is 74.7 Å². The fraction of sp³-hybridized carbons (Fsp3) is 0.455. The van der Waals surface area contributed by atoms with Crippen LogP contribution in [0.3, 0.4) is 0 Å². The third-order valence-corrected chi connectivity index (χ3v) is 5.79. The molecule has 8 heteroatoms. The van der Waals surface area contributed by atoms with Crippen molar-refractivity contribution in [1.82, 2.24) is 24.5 Å². The highest BCUT2D eigenvalue weighted by molar-refractivity contribution is 6.04. The minimum atomic E-state index is -0.538. The Bertz CT molecular complexity index is 983. The Labute approximate surface area is 176 Å². The van der Waals surface area contributed by atoms with Crippen molar-refractivity contribution in [2.45, 2.75) is 45.8 Å². The number of carbonyl (C=O) groups is 2. The van der Waals surface area contributed by atoms with Gasteiger partial charge in [0.2, 0.25) is 5.96 Å². The normalized spacial score (nSPS) is 21.3. The van der Waals surface area contributed by atoms with Crippen molar-refractivity contribution < 1.29 is 9.59 Å². The fourth-order valence-electron chi connectivity index (χ4n) is 4.30. The molecule has 0 saturated carbocycles. The smallest absolute Gasteiger partial charge is 0.325 e. The summed E-state index contributed by atoms with van der Waals surface area (Å²) < 4.78 is 1.79. The van der Waals surface area contributed by atoms with E-state index in [1.165, 1.54) is 10.5 Å². The first-order valence-electron chi connectivity index (χ1n) is 10.4. The summed E-state index contributed by atoms with van der Waals surface area (Å²) in [5, 5.41) is 4.59. The highest BCUT2D eigenvalue weighted by Crippen LogP contribution is 2.29. The number of aryl methyl sites for hydroxylation is 3. The van der Waals surface area contributed by atoms with Crippen molar-refractivity contribution in [1.29, 1.82) is 0 Å². The summed E-state index contributed by atoms with van der Waals surface area (Å²) in [6.45, 7) is 6.73. The van der Waals surface area contributed by atoms with Crippen molar-refractivity contribution in [2.75, 3.05) is 20.1 Å². The lowest BCUT2D eigenvalue weighted by Gasteiger charge is -2.41. The zero-order valence-corrected chi connectivity index (χ0v) is 17.9. The minimum absolute atomic E-state index is 0.189. The van der Waals surface area contributed by atoms with Crippen LogP contribution in [0.5, 0.6) is 0 Å². The molecular weight excluding hydrogens is 380 g/mol. The van der Waals surface area contributed by atoms with Gasteiger partial charge in [0.05, 0.1) is 5.69 Å². The average Bonchev–Trinajstić information content (AvgIpc) is 3.27. The zero-order valence-electron chi connectivity index (χ0n) is 17.9. The predicted octanol–water partition coefficient (Wildman–Crippen LogP) is 2.26. The number of likely N-dealkylation sites (N-methyl/N-ethyl adjacent to an activating group) is 2. The van der Waals surface area contributed by atoms with E-state index >= 15 is 0 Å². The Hall–Kier alpha value is -3.16. The number of aromatic nitrogens is 2. The summed E-state index contributed by atoms with van der Waals surface area (Å²) in [6.07, 6.45) is 1.23. The quantitative estimate of drug-likeness (QED) is 0.761. The van der Waals surface area contributed by atoms with Gasteiger partial charge in [0, 0.05) is 25.8 Å². The van der Waals surface area contributed by atoms with E-state index in [9.17, 15) is 9.59 Å². The molecule has 0 N–H and O–H groups in total. The maximum atomic E-state index is 13.2. The molecule has 2 aliphatic rings. The summed E-state index contributed by atoms with van der Waals surface area (Å²) >= 11 is 0. The Morgan fingerprint density at radius 3 is 2.47 bits per heavy atom. The maximum Gasteiger partial charge on any atom is 0.328 e. The van der Waals surface area contributed by atoms with E-state index in [0.717, 1.165) is 24.2 Å². The molecule has 30 heavy (non-hydrogen) atoms. The van der Waals surface area contributed by atoms with Gasteiger partial charge in [-0.2, -0.15) is 5.10 Å². The van der Waals surface area contributed by atoms with Crippen molar-refractivity contribution in [3.8, 4) is 0 Å². The molecule has 2 unspecified atom stereocenters. The molecule has 2 atom stereocenters. The van der Waals surface area contributed by atoms with E-state index in [2.05, 4.69) is 17.2 Å². The van der Waals surface area contributed by atoms with Crippen LogP contribution in [0.1, 0.15) is 30.3 Å². The first kappa shape index (κ1) is 20.1. The van der Waals surface area contributed by atoms with Crippen LogP contribution in [0.25, 0.3) is 0 Å². The fourth-order valence-corrected chi connectivity index (χ4v) is 4.30. The second-order valence-electron chi connectivity index (χ2n) is 7.88. The number of benzene rings is 1. The first-order valence-corrected chi connectivity index (χ1v) is 10.4. The number of carbonyl (C=O) groups excluding carboxylic acids is 2. The van der Waals surface area contributed by atoms with E-state index in [1.54, 1.807) is 16.6 Å². The third-order valence-electron chi connectivity index (χ3n) is 5.79. The number of fused-ring (bicyclic) bond motifs is 1. The largest absolute Gasteiger partial charge is 0.328 e.